The molecule has 36 heavy (non-hydrogen) atoms. The number of benzene rings is 2. The molecule has 7 nitrogen and oxygen atoms in total. The van der Waals surface area contributed by atoms with Crippen LogP contribution in [0.25, 0.3) is 11.0 Å². The lowest BCUT2D eigenvalue weighted by molar-refractivity contribution is -0.141. The molecular formula is C29H29NO6. The van der Waals surface area contributed by atoms with Gasteiger partial charge in [-0.2, -0.15) is 0 Å². The van der Waals surface area contributed by atoms with Crippen LogP contribution in [0.1, 0.15) is 87.3 Å². The summed E-state index contributed by atoms with van der Waals surface area (Å²) in [4.78, 5) is 50.8. The number of unbranched alkanes of at least 4 members (excludes halogenated alkanes) is 3. The van der Waals surface area contributed by atoms with Crippen molar-refractivity contribution in [3.8, 4) is 0 Å². The number of furan rings is 1. The summed E-state index contributed by atoms with van der Waals surface area (Å²) in [7, 11) is 0. The van der Waals surface area contributed by atoms with E-state index in [0.717, 1.165) is 43.3 Å². The van der Waals surface area contributed by atoms with Crippen LogP contribution in [0.2, 0.25) is 0 Å². The standard InChI is InChI=1S/C29H29NO6/c31-24(18-13-14-21-20-11-7-12-25(20)36-26(21)17-18)16-19(29(34)35)8-3-1-2-6-15-30-27(32)22-9-4-5-10-23(22)28(30)33/h4-5,9-10,13-14,17,19H,1-3,6-8,11-12,15-16H2,(H,34,35). The van der Waals surface area contributed by atoms with E-state index in [4.69, 9.17) is 4.42 Å². The highest BCUT2D eigenvalue weighted by molar-refractivity contribution is 6.21. The highest BCUT2D eigenvalue weighted by atomic mass is 16.4. The number of carboxylic acids is 1. The fourth-order valence-corrected chi connectivity index (χ4v) is 5.39. The summed E-state index contributed by atoms with van der Waals surface area (Å²) in [5.41, 5.74) is 3.33. The second-order valence-electron chi connectivity index (χ2n) is 9.74. The number of carboxylic acid groups (broad SMARTS) is 1. The Labute approximate surface area is 209 Å². The number of aliphatic carboxylic acids is 1. The minimum Gasteiger partial charge on any atom is -0.481 e. The average Bonchev–Trinajstić information content (AvgIpc) is 3.53. The minimum atomic E-state index is -0.965. The van der Waals surface area contributed by atoms with Crippen LogP contribution < -0.4 is 0 Å². The van der Waals surface area contributed by atoms with Crippen molar-refractivity contribution in [2.75, 3.05) is 6.54 Å². The molecule has 0 spiro atoms. The average molecular weight is 488 g/mol. The Kier molecular flexibility index (Phi) is 6.72. The van der Waals surface area contributed by atoms with E-state index in [1.54, 1.807) is 36.4 Å². The molecule has 7 heteroatoms. The number of hydrogen-bond donors (Lipinski definition) is 1. The van der Waals surface area contributed by atoms with E-state index in [0.29, 0.717) is 48.1 Å². The third-order valence-corrected chi connectivity index (χ3v) is 7.37. The molecule has 5 rings (SSSR count). The number of ketones is 1. The van der Waals surface area contributed by atoms with E-state index in [1.165, 1.54) is 10.5 Å². The molecule has 1 aromatic heterocycles. The summed E-state index contributed by atoms with van der Waals surface area (Å²) in [5.74, 6) is -1.40. The van der Waals surface area contributed by atoms with Gasteiger partial charge in [-0.1, -0.05) is 43.5 Å². The smallest absolute Gasteiger partial charge is 0.306 e. The molecule has 186 valence electrons. The molecule has 1 aliphatic carbocycles. The number of carbonyl (C=O) groups excluding carboxylic acids is 3. The first-order valence-corrected chi connectivity index (χ1v) is 12.7. The predicted molar refractivity (Wildman–Crippen MR) is 133 cm³/mol. The maximum Gasteiger partial charge on any atom is 0.306 e. The van der Waals surface area contributed by atoms with Crippen molar-refractivity contribution >= 4 is 34.5 Å². The summed E-state index contributed by atoms with van der Waals surface area (Å²) in [6.45, 7) is 0.353. The Bertz CT molecular complexity index is 1320. The summed E-state index contributed by atoms with van der Waals surface area (Å²) in [6, 6.07) is 12.3. The number of imide groups is 1. The Morgan fingerprint density at radius 2 is 1.67 bits per heavy atom. The third kappa shape index (κ3) is 4.57. The number of carbonyl (C=O) groups is 4. The molecule has 0 radical (unpaired) electrons. The first-order valence-electron chi connectivity index (χ1n) is 12.7. The van der Waals surface area contributed by atoms with Crippen molar-refractivity contribution in [3.05, 3.63) is 70.5 Å². The second-order valence-corrected chi connectivity index (χ2v) is 9.74. The van der Waals surface area contributed by atoms with Gasteiger partial charge in [0, 0.05) is 35.9 Å². The zero-order valence-corrected chi connectivity index (χ0v) is 20.1. The van der Waals surface area contributed by atoms with Crippen molar-refractivity contribution in [2.24, 2.45) is 5.92 Å². The molecule has 1 aliphatic heterocycles. The Morgan fingerprint density at radius 1 is 0.944 bits per heavy atom. The molecule has 1 N–H and O–H groups in total. The van der Waals surface area contributed by atoms with Crippen molar-refractivity contribution in [1.29, 1.82) is 0 Å². The summed E-state index contributed by atoms with van der Waals surface area (Å²) < 4.78 is 5.91. The van der Waals surface area contributed by atoms with Gasteiger partial charge in [0.25, 0.3) is 11.8 Å². The lowest BCUT2D eigenvalue weighted by atomic mass is 9.92. The van der Waals surface area contributed by atoms with Gasteiger partial charge in [0.2, 0.25) is 0 Å². The van der Waals surface area contributed by atoms with Gasteiger partial charge in [0.15, 0.2) is 5.78 Å². The quantitative estimate of drug-likeness (QED) is 0.219. The lowest BCUT2D eigenvalue weighted by Crippen LogP contribution is -2.30. The van der Waals surface area contributed by atoms with Crippen LogP contribution in [-0.4, -0.2) is 40.1 Å². The second kappa shape index (κ2) is 10.1. The number of fused-ring (bicyclic) bond motifs is 4. The Balaban J connectivity index is 1.08. The fourth-order valence-electron chi connectivity index (χ4n) is 5.39. The molecule has 2 aromatic carbocycles. The summed E-state index contributed by atoms with van der Waals surface area (Å²) >= 11 is 0. The van der Waals surface area contributed by atoms with Crippen LogP contribution in [0.4, 0.5) is 0 Å². The largest absolute Gasteiger partial charge is 0.481 e. The van der Waals surface area contributed by atoms with Crippen LogP contribution in [0.3, 0.4) is 0 Å². The van der Waals surface area contributed by atoms with Crippen molar-refractivity contribution in [3.63, 3.8) is 0 Å². The van der Waals surface area contributed by atoms with E-state index < -0.39 is 11.9 Å². The van der Waals surface area contributed by atoms with Gasteiger partial charge in [-0.3, -0.25) is 24.1 Å². The van der Waals surface area contributed by atoms with Crippen LogP contribution in [0.5, 0.6) is 0 Å². The van der Waals surface area contributed by atoms with Crippen LogP contribution >= 0.6 is 0 Å². The van der Waals surface area contributed by atoms with E-state index in [9.17, 15) is 24.3 Å². The van der Waals surface area contributed by atoms with Gasteiger partial charge in [-0.15, -0.1) is 0 Å². The summed E-state index contributed by atoms with van der Waals surface area (Å²) in [6.07, 6.45) is 6.24. The molecule has 2 amide bonds. The molecule has 1 atom stereocenters. The lowest BCUT2D eigenvalue weighted by Gasteiger charge is -2.14. The highest BCUT2D eigenvalue weighted by Gasteiger charge is 2.34. The van der Waals surface area contributed by atoms with E-state index >= 15 is 0 Å². The van der Waals surface area contributed by atoms with Gasteiger partial charge >= 0.3 is 5.97 Å². The van der Waals surface area contributed by atoms with Gasteiger partial charge in [0.1, 0.15) is 11.3 Å². The van der Waals surface area contributed by atoms with Crippen LogP contribution in [-0.2, 0) is 17.6 Å². The summed E-state index contributed by atoms with van der Waals surface area (Å²) in [5, 5.41) is 10.7. The highest BCUT2D eigenvalue weighted by Crippen LogP contribution is 2.33. The minimum absolute atomic E-state index is 0.0453. The molecule has 0 bridgehead atoms. The number of aryl methyl sites for hydroxylation is 2. The number of nitrogens with zero attached hydrogens (tertiary/aromatic N) is 1. The van der Waals surface area contributed by atoms with E-state index in [2.05, 4.69) is 0 Å². The van der Waals surface area contributed by atoms with Gasteiger partial charge < -0.3 is 9.52 Å². The van der Waals surface area contributed by atoms with Gasteiger partial charge in [0.05, 0.1) is 17.0 Å². The Hall–Kier alpha value is -3.74. The van der Waals surface area contributed by atoms with Crippen LogP contribution in [0, 0.1) is 5.92 Å². The molecule has 2 aliphatic rings. The molecule has 0 saturated heterocycles. The van der Waals surface area contributed by atoms with E-state index in [1.807, 2.05) is 6.07 Å². The van der Waals surface area contributed by atoms with E-state index in [-0.39, 0.29) is 24.0 Å². The van der Waals surface area contributed by atoms with Crippen molar-refractivity contribution in [2.45, 2.75) is 57.8 Å². The monoisotopic (exact) mass is 487 g/mol. The molecule has 1 unspecified atom stereocenters. The number of rotatable bonds is 11. The first-order chi connectivity index (χ1) is 17.4. The molecule has 0 fully saturated rings. The third-order valence-electron chi connectivity index (χ3n) is 7.37. The zero-order valence-electron chi connectivity index (χ0n) is 20.1. The molecule has 2 heterocycles. The zero-order chi connectivity index (χ0) is 25.2. The van der Waals surface area contributed by atoms with Gasteiger partial charge in [-0.05, 0) is 43.9 Å². The number of hydrogen-bond acceptors (Lipinski definition) is 5. The van der Waals surface area contributed by atoms with Crippen LogP contribution in [0.15, 0.2) is 46.9 Å². The molecule has 3 aromatic rings. The first kappa shape index (κ1) is 24.0. The predicted octanol–water partition coefficient (Wildman–Crippen LogP) is 5.44. The van der Waals surface area contributed by atoms with Gasteiger partial charge in [-0.25, -0.2) is 0 Å². The Morgan fingerprint density at radius 3 is 2.39 bits per heavy atom. The normalized spacial score (nSPS) is 15.4. The maximum absolute atomic E-state index is 12.8. The molecule has 0 saturated carbocycles. The molecular weight excluding hydrogens is 458 g/mol. The van der Waals surface area contributed by atoms with Crippen molar-refractivity contribution < 1.29 is 28.7 Å². The van der Waals surface area contributed by atoms with Crippen molar-refractivity contribution in [1.82, 2.24) is 4.90 Å². The maximum atomic E-state index is 12.8. The fraction of sp³-hybridized carbons (Fsp3) is 0.379. The number of Topliss-reactive ketones (excluding diaryl/α,β-unsaturated/α-hetero) is 1. The SMILES string of the molecule is O=C(CC(CCCCCCN1C(=O)c2ccccc2C1=O)C(=O)O)c1ccc2c3c(oc2c1)CCC3. The topological polar surface area (TPSA) is 105 Å². The number of amides is 2.